The lowest BCUT2D eigenvalue weighted by Crippen LogP contribution is -2.52. The van der Waals surface area contributed by atoms with E-state index < -0.39 is 0 Å². The van der Waals surface area contributed by atoms with Crippen molar-refractivity contribution in [3.63, 3.8) is 0 Å². The van der Waals surface area contributed by atoms with E-state index in [2.05, 4.69) is 15.9 Å². The molecule has 6 heteroatoms. The van der Waals surface area contributed by atoms with E-state index in [9.17, 15) is 9.59 Å². The maximum atomic E-state index is 12.6. The highest BCUT2D eigenvalue weighted by atomic mass is 79.9. The molecule has 1 atom stereocenters. The zero-order chi connectivity index (χ0) is 17.2. The van der Waals surface area contributed by atoms with Crippen LogP contribution < -0.4 is 0 Å². The number of halogens is 1. The summed E-state index contributed by atoms with van der Waals surface area (Å²) in [5.74, 6) is -0.00118. The molecule has 0 saturated carbocycles. The molecule has 0 N–H and O–H groups in total. The van der Waals surface area contributed by atoms with Crippen LogP contribution in [0.4, 0.5) is 4.79 Å². The molecule has 5 nitrogen and oxygen atoms in total. The van der Waals surface area contributed by atoms with Crippen molar-refractivity contribution in [1.29, 1.82) is 0 Å². The minimum atomic E-state index is -0.353. The molecule has 0 radical (unpaired) electrons. The molecule has 126 valence electrons. The second-order valence-corrected chi connectivity index (χ2v) is 7.63. The van der Waals surface area contributed by atoms with E-state index in [0.717, 1.165) is 10.9 Å². The number of likely N-dealkylation sites (tertiary alicyclic amines) is 1. The summed E-state index contributed by atoms with van der Waals surface area (Å²) in [5, 5.41) is 0. The Morgan fingerprint density at radius 3 is 2.39 bits per heavy atom. The van der Waals surface area contributed by atoms with Gasteiger partial charge in [-0.1, -0.05) is 15.9 Å². The number of amides is 2. The van der Waals surface area contributed by atoms with Gasteiger partial charge < -0.3 is 9.64 Å². The maximum Gasteiger partial charge on any atom is 0.410 e. The zero-order valence-electron chi connectivity index (χ0n) is 14.0. The van der Waals surface area contributed by atoms with Gasteiger partial charge in [-0.15, -0.1) is 0 Å². The first-order valence-corrected chi connectivity index (χ1v) is 8.45. The fourth-order valence-electron chi connectivity index (χ4n) is 2.98. The molecule has 23 heavy (non-hydrogen) atoms. The van der Waals surface area contributed by atoms with Gasteiger partial charge in [-0.3, -0.25) is 9.69 Å². The lowest BCUT2D eigenvalue weighted by Gasteiger charge is -2.38. The molecule has 2 rings (SSSR count). The smallest absolute Gasteiger partial charge is 0.410 e. The standard InChI is InChI=1S/C17H23BrN2O3/c1-17(2,3)20(16(22)23-4)14-9-10-19(11-14)15(21)12-5-7-13(18)8-6-12/h5-8,14H,9-11H2,1-4H3/t14-/m0/s1. The first-order chi connectivity index (χ1) is 10.7. The summed E-state index contributed by atoms with van der Waals surface area (Å²) in [5.41, 5.74) is 0.309. The number of nitrogens with zero attached hydrogens (tertiary/aromatic N) is 2. The molecule has 2 amide bonds. The Balaban J connectivity index is 2.11. The van der Waals surface area contributed by atoms with Gasteiger partial charge in [0.2, 0.25) is 0 Å². The van der Waals surface area contributed by atoms with Crippen molar-refractivity contribution < 1.29 is 14.3 Å². The molecule has 0 aromatic heterocycles. The van der Waals surface area contributed by atoms with Crippen LogP contribution in [0.15, 0.2) is 28.7 Å². The van der Waals surface area contributed by atoms with E-state index in [1.165, 1.54) is 7.11 Å². The Labute approximate surface area is 145 Å². The summed E-state index contributed by atoms with van der Waals surface area (Å²) in [6.45, 7) is 7.10. The Bertz CT molecular complexity index is 580. The van der Waals surface area contributed by atoms with Crippen molar-refractivity contribution in [3.05, 3.63) is 34.3 Å². The van der Waals surface area contributed by atoms with Gasteiger partial charge >= 0.3 is 6.09 Å². The lowest BCUT2D eigenvalue weighted by molar-refractivity contribution is 0.0554. The predicted molar refractivity (Wildman–Crippen MR) is 92.4 cm³/mol. The Hall–Kier alpha value is -1.56. The summed E-state index contributed by atoms with van der Waals surface area (Å²) >= 11 is 3.37. The van der Waals surface area contributed by atoms with Crippen molar-refractivity contribution in [1.82, 2.24) is 9.80 Å². The average molecular weight is 383 g/mol. The molecule has 0 unspecified atom stereocenters. The average Bonchev–Trinajstić information content (AvgIpc) is 2.95. The first kappa shape index (κ1) is 17.8. The second kappa shape index (κ2) is 6.91. The number of hydrogen-bond donors (Lipinski definition) is 0. The molecular weight excluding hydrogens is 360 g/mol. The summed E-state index contributed by atoms with van der Waals surface area (Å²) in [6.07, 6.45) is 0.412. The summed E-state index contributed by atoms with van der Waals surface area (Å²) in [6, 6.07) is 7.30. The number of hydrogen-bond acceptors (Lipinski definition) is 3. The van der Waals surface area contributed by atoms with Crippen molar-refractivity contribution in [2.75, 3.05) is 20.2 Å². The minimum Gasteiger partial charge on any atom is -0.453 e. The van der Waals surface area contributed by atoms with E-state index in [1.807, 2.05) is 45.0 Å². The number of ether oxygens (including phenoxy) is 1. The minimum absolute atomic E-state index is 0.00118. The van der Waals surface area contributed by atoms with Crippen LogP contribution in [-0.4, -0.2) is 53.6 Å². The van der Waals surface area contributed by atoms with Crippen molar-refractivity contribution in [2.24, 2.45) is 0 Å². The third kappa shape index (κ3) is 4.05. The van der Waals surface area contributed by atoms with Crippen LogP contribution in [0.5, 0.6) is 0 Å². The summed E-state index contributed by atoms with van der Waals surface area (Å²) in [7, 11) is 1.39. The highest BCUT2D eigenvalue weighted by Gasteiger charge is 2.39. The molecule has 1 fully saturated rings. The van der Waals surface area contributed by atoms with Crippen molar-refractivity contribution in [3.8, 4) is 0 Å². The molecule has 1 aromatic carbocycles. The monoisotopic (exact) mass is 382 g/mol. The lowest BCUT2D eigenvalue weighted by atomic mass is 10.0. The SMILES string of the molecule is COC(=O)N([C@H]1CCN(C(=O)c2ccc(Br)cc2)C1)C(C)(C)C. The van der Waals surface area contributed by atoms with Crippen LogP contribution in [0.1, 0.15) is 37.6 Å². The van der Waals surface area contributed by atoms with E-state index in [-0.39, 0.29) is 23.6 Å². The fourth-order valence-corrected chi connectivity index (χ4v) is 3.25. The van der Waals surface area contributed by atoms with Crippen LogP contribution in [0.3, 0.4) is 0 Å². The van der Waals surface area contributed by atoms with Crippen LogP contribution in [0.2, 0.25) is 0 Å². The van der Waals surface area contributed by atoms with Gasteiger partial charge in [0.25, 0.3) is 5.91 Å². The summed E-state index contributed by atoms with van der Waals surface area (Å²) in [4.78, 5) is 28.3. The van der Waals surface area contributed by atoms with E-state index in [1.54, 1.807) is 9.80 Å². The number of methoxy groups -OCH3 is 1. The number of benzene rings is 1. The van der Waals surface area contributed by atoms with Crippen molar-refractivity contribution >= 4 is 27.9 Å². The number of rotatable bonds is 2. The largest absolute Gasteiger partial charge is 0.453 e. The van der Waals surface area contributed by atoms with Crippen LogP contribution in [-0.2, 0) is 4.74 Å². The van der Waals surface area contributed by atoms with Crippen molar-refractivity contribution in [2.45, 2.75) is 38.8 Å². The quantitative estimate of drug-likeness (QED) is 0.785. The molecule has 1 aliphatic heterocycles. The van der Waals surface area contributed by atoms with E-state index >= 15 is 0 Å². The van der Waals surface area contributed by atoms with Crippen LogP contribution in [0.25, 0.3) is 0 Å². The van der Waals surface area contributed by atoms with E-state index in [0.29, 0.717) is 18.7 Å². The number of carbonyl (C=O) groups excluding carboxylic acids is 2. The van der Waals surface area contributed by atoms with Gasteiger partial charge in [0, 0.05) is 28.7 Å². The van der Waals surface area contributed by atoms with Gasteiger partial charge in [-0.05, 0) is 51.5 Å². The predicted octanol–water partition coefficient (Wildman–Crippen LogP) is 3.53. The summed E-state index contributed by atoms with van der Waals surface area (Å²) < 4.78 is 5.87. The molecule has 1 aliphatic rings. The third-order valence-electron chi connectivity index (χ3n) is 4.00. The first-order valence-electron chi connectivity index (χ1n) is 7.66. The molecule has 0 aliphatic carbocycles. The second-order valence-electron chi connectivity index (χ2n) is 6.71. The van der Waals surface area contributed by atoms with Gasteiger partial charge in [0.05, 0.1) is 13.2 Å². The highest BCUT2D eigenvalue weighted by Crippen LogP contribution is 2.26. The Morgan fingerprint density at radius 2 is 1.87 bits per heavy atom. The van der Waals surface area contributed by atoms with Gasteiger partial charge in [0.15, 0.2) is 0 Å². The molecule has 1 heterocycles. The van der Waals surface area contributed by atoms with Crippen LogP contribution in [0, 0.1) is 0 Å². The highest BCUT2D eigenvalue weighted by molar-refractivity contribution is 9.10. The fraction of sp³-hybridized carbons (Fsp3) is 0.529. The van der Waals surface area contributed by atoms with Gasteiger partial charge in [0.1, 0.15) is 0 Å². The van der Waals surface area contributed by atoms with Gasteiger partial charge in [-0.2, -0.15) is 0 Å². The normalized spacial score (nSPS) is 18.0. The van der Waals surface area contributed by atoms with E-state index in [4.69, 9.17) is 4.74 Å². The zero-order valence-corrected chi connectivity index (χ0v) is 15.6. The Kier molecular flexibility index (Phi) is 5.34. The van der Waals surface area contributed by atoms with Crippen LogP contribution >= 0.6 is 15.9 Å². The molecular formula is C17H23BrN2O3. The third-order valence-corrected chi connectivity index (χ3v) is 4.53. The maximum absolute atomic E-state index is 12.6. The molecule has 0 bridgehead atoms. The van der Waals surface area contributed by atoms with Gasteiger partial charge in [-0.25, -0.2) is 4.79 Å². The molecule has 1 saturated heterocycles. The molecule has 1 aromatic rings. The topological polar surface area (TPSA) is 49.9 Å². The Morgan fingerprint density at radius 1 is 1.26 bits per heavy atom. The number of carbonyl (C=O) groups is 2. The molecule has 0 spiro atoms.